The van der Waals surface area contributed by atoms with Crippen molar-refractivity contribution in [2.75, 3.05) is 19.8 Å². The zero-order valence-corrected chi connectivity index (χ0v) is 18.0. The number of halogens is 3. The lowest BCUT2D eigenvalue weighted by Gasteiger charge is -2.09. The van der Waals surface area contributed by atoms with Gasteiger partial charge in [0.05, 0.1) is 0 Å². The molecule has 0 aliphatic heterocycles. The fourth-order valence-corrected chi connectivity index (χ4v) is 2.85. The Balaban J connectivity index is 0.00000364. The van der Waals surface area contributed by atoms with Crippen LogP contribution in [0.5, 0.6) is 5.75 Å². The molecule has 2 rings (SSSR count). The molecule has 0 aliphatic rings. The van der Waals surface area contributed by atoms with Crippen LogP contribution < -0.4 is 10.1 Å². The van der Waals surface area contributed by atoms with E-state index in [-0.39, 0.29) is 12.4 Å². The van der Waals surface area contributed by atoms with E-state index in [0.29, 0.717) is 16.7 Å². The number of benzene rings is 2. The maximum atomic E-state index is 6.16. The lowest BCUT2D eigenvalue weighted by atomic mass is 10.2. The Labute approximate surface area is 178 Å². The van der Waals surface area contributed by atoms with E-state index in [9.17, 15) is 0 Å². The van der Waals surface area contributed by atoms with Gasteiger partial charge in [-0.3, -0.25) is 0 Å². The fraction of sp³-hybridized carbons (Fsp3) is 0.429. The summed E-state index contributed by atoms with van der Waals surface area (Å²) in [6.07, 6.45) is 3.36. The zero-order chi connectivity index (χ0) is 18.6. The molecule has 0 aliphatic carbocycles. The predicted octanol–water partition coefficient (Wildman–Crippen LogP) is 6.29. The van der Waals surface area contributed by atoms with E-state index in [1.807, 2.05) is 24.3 Å². The Morgan fingerprint density at radius 3 is 2.41 bits per heavy atom. The van der Waals surface area contributed by atoms with Gasteiger partial charge in [0.15, 0.2) is 0 Å². The van der Waals surface area contributed by atoms with Crippen molar-refractivity contribution < 1.29 is 9.47 Å². The molecule has 0 radical (unpaired) electrons. The monoisotopic (exact) mass is 431 g/mol. The van der Waals surface area contributed by atoms with Crippen LogP contribution in [-0.4, -0.2) is 19.8 Å². The minimum Gasteiger partial charge on any atom is -0.489 e. The molecule has 0 unspecified atom stereocenters. The number of hydrogen-bond acceptors (Lipinski definition) is 3. The summed E-state index contributed by atoms with van der Waals surface area (Å²) in [5.74, 6) is 0.823. The van der Waals surface area contributed by atoms with Gasteiger partial charge in [-0.2, -0.15) is 0 Å². The number of hydrogen-bond donors (Lipinski definition) is 1. The van der Waals surface area contributed by atoms with E-state index in [0.717, 1.165) is 50.5 Å². The third kappa shape index (κ3) is 9.68. The molecule has 0 heterocycles. The maximum absolute atomic E-state index is 6.16. The zero-order valence-electron chi connectivity index (χ0n) is 15.7. The van der Waals surface area contributed by atoms with Crippen LogP contribution in [0.1, 0.15) is 37.3 Å². The lowest BCUT2D eigenvalue weighted by molar-refractivity contribution is 0.129. The molecule has 0 bridgehead atoms. The second-order valence-electron chi connectivity index (χ2n) is 6.16. The van der Waals surface area contributed by atoms with Crippen LogP contribution in [0.2, 0.25) is 10.0 Å². The van der Waals surface area contributed by atoms with Gasteiger partial charge in [-0.15, -0.1) is 12.4 Å². The Hall–Kier alpha value is -0.970. The van der Waals surface area contributed by atoms with Crippen LogP contribution in [0.4, 0.5) is 0 Å². The molecule has 0 spiro atoms. The predicted molar refractivity (Wildman–Crippen MR) is 117 cm³/mol. The molecule has 0 saturated heterocycles. The molecular weight excluding hydrogens is 405 g/mol. The molecule has 27 heavy (non-hydrogen) atoms. The van der Waals surface area contributed by atoms with Crippen molar-refractivity contribution in [1.29, 1.82) is 0 Å². The molecule has 3 nitrogen and oxygen atoms in total. The highest BCUT2D eigenvalue weighted by Crippen LogP contribution is 2.22. The summed E-state index contributed by atoms with van der Waals surface area (Å²) in [5, 5.41) is 4.68. The molecule has 0 saturated carbocycles. The summed E-state index contributed by atoms with van der Waals surface area (Å²) in [6.45, 7) is 6.10. The first-order chi connectivity index (χ1) is 12.7. The topological polar surface area (TPSA) is 30.5 Å². The largest absolute Gasteiger partial charge is 0.489 e. The Bertz CT molecular complexity index is 650. The first kappa shape index (κ1) is 24.1. The van der Waals surface area contributed by atoms with Gasteiger partial charge >= 0.3 is 0 Å². The van der Waals surface area contributed by atoms with Gasteiger partial charge in [-0.1, -0.05) is 54.7 Å². The molecule has 0 atom stereocenters. The van der Waals surface area contributed by atoms with Gasteiger partial charge in [0.25, 0.3) is 0 Å². The molecule has 6 heteroatoms. The van der Waals surface area contributed by atoms with Gasteiger partial charge < -0.3 is 14.8 Å². The van der Waals surface area contributed by atoms with Crippen LogP contribution in [0.25, 0.3) is 0 Å². The van der Waals surface area contributed by atoms with E-state index in [2.05, 4.69) is 24.4 Å². The van der Waals surface area contributed by atoms with Crippen molar-refractivity contribution in [1.82, 2.24) is 5.32 Å². The van der Waals surface area contributed by atoms with Crippen LogP contribution in [0, 0.1) is 0 Å². The number of rotatable bonds is 12. The van der Waals surface area contributed by atoms with Crippen molar-refractivity contribution in [3.05, 3.63) is 63.6 Å². The summed E-state index contributed by atoms with van der Waals surface area (Å²) in [6, 6.07) is 13.5. The Morgan fingerprint density at radius 2 is 1.70 bits per heavy atom. The minimum absolute atomic E-state index is 0. The average Bonchev–Trinajstić information content (AvgIpc) is 2.64. The van der Waals surface area contributed by atoms with Gasteiger partial charge in [0.1, 0.15) is 12.4 Å². The average molecular weight is 433 g/mol. The van der Waals surface area contributed by atoms with Gasteiger partial charge in [0.2, 0.25) is 0 Å². The molecule has 0 fully saturated rings. The molecule has 150 valence electrons. The first-order valence-electron chi connectivity index (χ1n) is 9.13. The van der Waals surface area contributed by atoms with E-state index in [1.54, 1.807) is 6.07 Å². The van der Waals surface area contributed by atoms with Crippen LogP contribution in [0.15, 0.2) is 42.5 Å². The Morgan fingerprint density at radius 1 is 0.963 bits per heavy atom. The van der Waals surface area contributed by atoms with Crippen LogP contribution in [-0.2, 0) is 17.9 Å². The second kappa shape index (κ2) is 14.1. The molecular formula is C21H28Cl3NO2. The highest BCUT2D eigenvalue weighted by Gasteiger charge is 2.03. The van der Waals surface area contributed by atoms with Crippen molar-refractivity contribution in [3.63, 3.8) is 0 Å². The molecule has 1 N–H and O–H groups in total. The van der Waals surface area contributed by atoms with Crippen molar-refractivity contribution >= 4 is 35.6 Å². The summed E-state index contributed by atoms with van der Waals surface area (Å²) in [7, 11) is 0. The summed E-state index contributed by atoms with van der Waals surface area (Å²) >= 11 is 12.1. The van der Waals surface area contributed by atoms with E-state index in [1.165, 1.54) is 12.0 Å². The highest BCUT2D eigenvalue weighted by atomic mass is 35.5. The fourth-order valence-electron chi connectivity index (χ4n) is 2.38. The number of nitrogens with one attached hydrogen (secondary N) is 1. The van der Waals surface area contributed by atoms with Gasteiger partial charge in [0, 0.05) is 35.4 Å². The smallest absolute Gasteiger partial charge is 0.119 e. The summed E-state index contributed by atoms with van der Waals surface area (Å²) in [4.78, 5) is 0. The second-order valence-corrected chi connectivity index (χ2v) is 7.01. The SMILES string of the molecule is CCCCOCCCNCc1ccc(OCc2ccc(Cl)cc2Cl)cc1.Cl. The quantitative estimate of drug-likeness (QED) is 0.400. The van der Waals surface area contributed by atoms with Gasteiger partial charge in [-0.05, 0) is 49.2 Å². The standard InChI is InChI=1S/C21H27Cl2NO2.ClH/c1-2-3-12-25-13-4-11-24-15-17-5-9-20(10-6-17)26-16-18-7-8-19(22)14-21(18)23;/h5-10,14,24H,2-4,11-13,15-16H2,1H3;1H. The number of ether oxygens (including phenoxy) is 2. The van der Waals surface area contributed by atoms with E-state index < -0.39 is 0 Å². The Kier molecular flexibility index (Phi) is 12.6. The molecule has 2 aromatic carbocycles. The van der Waals surface area contributed by atoms with Crippen LogP contribution >= 0.6 is 35.6 Å². The minimum atomic E-state index is 0. The summed E-state index contributed by atoms with van der Waals surface area (Å²) in [5.41, 5.74) is 2.15. The van der Waals surface area contributed by atoms with Crippen LogP contribution in [0.3, 0.4) is 0 Å². The third-order valence-corrected chi connectivity index (χ3v) is 4.53. The highest BCUT2D eigenvalue weighted by molar-refractivity contribution is 6.35. The molecule has 2 aromatic rings. The molecule has 0 amide bonds. The number of unbranched alkanes of at least 4 members (excludes halogenated alkanes) is 1. The third-order valence-electron chi connectivity index (χ3n) is 3.95. The normalized spacial score (nSPS) is 10.5. The van der Waals surface area contributed by atoms with Crippen molar-refractivity contribution in [2.45, 2.75) is 39.3 Å². The van der Waals surface area contributed by atoms with E-state index >= 15 is 0 Å². The van der Waals surface area contributed by atoms with Crippen molar-refractivity contribution in [2.24, 2.45) is 0 Å². The van der Waals surface area contributed by atoms with Gasteiger partial charge in [-0.25, -0.2) is 0 Å². The van der Waals surface area contributed by atoms with Crippen molar-refractivity contribution in [3.8, 4) is 5.75 Å². The lowest BCUT2D eigenvalue weighted by Crippen LogP contribution is -2.16. The molecule has 0 aromatic heterocycles. The summed E-state index contributed by atoms with van der Waals surface area (Å²) < 4.78 is 11.3. The first-order valence-corrected chi connectivity index (χ1v) is 9.88. The maximum Gasteiger partial charge on any atom is 0.119 e. The van der Waals surface area contributed by atoms with E-state index in [4.69, 9.17) is 32.7 Å².